The highest BCUT2D eigenvalue weighted by atomic mass is 35.5. The Morgan fingerprint density at radius 1 is 1.09 bits per heavy atom. The second kappa shape index (κ2) is 9.54. The minimum atomic E-state index is -0.321. The number of fused-ring (bicyclic) bond motifs is 2. The van der Waals surface area contributed by atoms with Crippen LogP contribution in [-0.2, 0) is 4.74 Å². The van der Waals surface area contributed by atoms with E-state index >= 15 is 0 Å². The summed E-state index contributed by atoms with van der Waals surface area (Å²) >= 11 is 6.59. The van der Waals surface area contributed by atoms with Crippen molar-refractivity contribution in [3.63, 3.8) is 0 Å². The number of benzene rings is 1. The Balaban J connectivity index is 1.37. The molecular weight excluding hydrogens is 466 g/mol. The molecule has 9 heteroatoms. The Labute approximate surface area is 207 Å². The van der Waals surface area contributed by atoms with Crippen molar-refractivity contribution >= 4 is 45.5 Å². The van der Waals surface area contributed by atoms with Crippen molar-refractivity contribution in [1.82, 2.24) is 24.8 Å². The monoisotopic (exact) mass is 491 g/mol. The van der Waals surface area contributed by atoms with Crippen molar-refractivity contribution in [2.45, 2.75) is 20.3 Å². The fourth-order valence-corrected chi connectivity index (χ4v) is 4.58. The highest BCUT2D eigenvalue weighted by molar-refractivity contribution is 6.35. The molecule has 0 spiro atoms. The summed E-state index contributed by atoms with van der Waals surface area (Å²) in [6, 6.07) is 11.3. The van der Waals surface area contributed by atoms with E-state index in [9.17, 15) is 9.59 Å². The number of pyridine rings is 2. The lowest BCUT2D eigenvalue weighted by Gasteiger charge is -2.34. The molecule has 0 aliphatic carbocycles. The molecule has 4 heterocycles. The lowest BCUT2D eigenvalue weighted by atomic mass is 10.1. The third-order valence-corrected chi connectivity index (χ3v) is 6.47. The predicted octanol–water partition coefficient (Wildman–Crippen LogP) is 5.04. The number of ether oxygens (including phenoxy) is 1. The number of nitrogens with one attached hydrogen (secondary N) is 1. The molecule has 1 aliphatic rings. The van der Waals surface area contributed by atoms with Crippen molar-refractivity contribution in [3.8, 4) is 11.3 Å². The molecule has 35 heavy (non-hydrogen) atoms. The van der Waals surface area contributed by atoms with Gasteiger partial charge < -0.3 is 19.5 Å². The molecule has 0 radical (unpaired) electrons. The summed E-state index contributed by atoms with van der Waals surface area (Å²) in [5.74, 6) is -0.0947. The fourth-order valence-electron chi connectivity index (χ4n) is 4.31. The van der Waals surface area contributed by atoms with Crippen LogP contribution in [0.3, 0.4) is 0 Å². The predicted molar refractivity (Wildman–Crippen MR) is 136 cm³/mol. The van der Waals surface area contributed by atoms with E-state index in [0.717, 1.165) is 34.1 Å². The van der Waals surface area contributed by atoms with Crippen molar-refractivity contribution in [2.75, 3.05) is 32.8 Å². The first-order valence-corrected chi connectivity index (χ1v) is 12.1. The first kappa shape index (κ1) is 23.1. The Morgan fingerprint density at radius 3 is 2.63 bits per heavy atom. The molecular formula is C26H26ClN5O3. The van der Waals surface area contributed by atoms with E-state index in [1.54, 1.807) is 28.1 Å². The molecule has 0 saturated carbocycles. The second-order valence-electron chi connectivity index (χ2n) is 8.73. The first-order valence-electron chi connectivity index (χ1n) is 11.7. The summed E-state index contributed by atoms with van der Waals surface area (Å²) in [7, 11) is 0. The van der Waals surface area contributed by atoms with Gasteiger partial charge in [-0.2, -0.15) is 0 Å². The van der Waals surface area contributed by atoms with E-state index in [-0.39, 0.29) is 12.0 Å². The number of aromatic nitrogens is 3. The van der Waals surface area contributed by atoms with Gasteiger partial charge in [-0.1, -0.05) is 24.6 Å². The van der Waals surface area contributed by atoms with Crippen LogP contribution in [0.4, 0.5) is 4.79 Å². The summed E-state index contributed by atoms with van der Waals surface area (Å²) in [6.07, 6.45) is 2.23. The van der Waals surface area contributed by atoms with Crippen molar-refractivity contribution in [2.24, 2.45) is 0 Å². The van der Waals surface area contributed by atoms with Crippen LogP contribution in [0, 0.1) is 6.92 Å². The third-order valence-electron chi connectivity index (χ3n) is 6.16. The highest BCUT2D eigenvalue weighted by Crippen LogP contribution is 2.30. The maximum Gasteiger partial charge on any atom is 0.409 e. The molecule has 1 N–H and O–H groups in total. The number of rotatable bonds is 4. The van der Waals surface area contributed by atoms with Gasteiger partial charge in [-0.25, -0.2) is 14.8 Å². The zero-order valence-electron chi connectivity index (χ0n) is 19.7. The molecule has 2 amide bonds. The number of nitrogens with zero attached hydrogens (tertiary/aromatic N) is 4. The van der Waals surface area contributed by atoms with Gasteiger partial charge >= 0.3 is 6.09 Å². The number of carbonyl (C=O) groups is 2. The molecule has 1 aromatic carbocycles. The SMILES string of the molecule is CCCOC(=O)N1CCN(C(=O)c2ccc3c(Cl)cc(-c4cnc5[nH]c(C)cc5c4)nc3c2)CC1. The fraction of sp³-hybridized carbons (Fsp3) is 0.308. The van der Waals surface area contributed by atoms with Gasteiger partial charge in [-0.3, -0.25) is 4.79 Å². The van der Waals surface area contributed by atoms with Crippen LogP contribution in [0.15, 0.2) is 42.6 Å². The second-order valence-corrected chi connectivity index (χ2v) is 9.14. The molecule has 1 aliphatic heterocycles. The van der Waals surface area contributed by atoms with Crippen LogP contribution >= 0.6 is 11.6 Å². The summed E-state index contributed by atoms with van der Waals surface area (Å²) in [6.45, 7) is 6.15. The number of halogens is 1. The summed E-state index contributed by atoms with van der Waals surface area (Å²) in [4.78, 5) is 41.2. The zero-order chi connectivity index (χ0) is 24.5. The van der Waals surface area contributed by atoms with Gasteiger partial charge in [0.05, 0.1) is 22.8 Å². The zero-order valence-corrected chi connectivity index (χ0v) is 20.4. The van der Waals surface area contributed by atoms with E-state index in [1.807, 2.05) is 38.1 Å². The molecule has 0 bridgehead atoms. The molecule has 1 saturated heterocycles. The van der Waals surface area contributed by atoms with Gasteiger partial charge in [0, 0.05) is 60.0 Å². The number of aryl methyl sites for hydroxylation is 1. The van der Waals surface area contributed by atoms with Crippen molar-refractivity contribution in [1.29, 1.82) is 0 Å². The molecule has 180 valence electrons. The van der Waals surface area contributed by atoms with Crippen LogP contribution < -0.4 is 0 Å². The Bertz CT molecular complexity index is 1430. The quantitative estimate of drug-likeness (QED) is 0.431. The highest BCUT2D eigenvalue weighted by Gasteiger charge is 2.26. The van der Waals surface area contributed by atoms with Gasteiger partial charge in [0.15, 0.2) is 0 Å². The molecule has 1 fully saturated rings. The summed E-state index contributed by atoms with van der Waals surface area (Å²) in [5.41, 5.74) is 4.59. The van der Waals surface area contributed by atoms with Crippen LogP contribution in [0.1, 0.15) is 29.4 Å². The minimum Gasteiger partial charge on any atom is -0.449 e. The largest absolute Gasteiger partial charge is 0.449 e. The van der Waals surface area contributed by atoms with Crippen molar-refractivity contribution in [3.05, 3.63) is 58.9 Å². The third kappa shape index (κ3) is 4.66. The smallest absolute Gasteiger partial charge is 0.409 e. The normalized spacial score (nSPS) is 14.0. The number of amides is 2. The average molecular weight is 492 g/mol. The first-order chi connectivity index (χ1) is 16.9. The van der Waals surface area contributed by atoms with E-state index in [1.165, 1.54) is 0 Å². The molecule has 3 aromatic heterocycles. The lowest BCUT2D eigenvalue weighted by Crippen LogP contribution is -2.50. The van der Waals surface area contributed by atoms with Gasteiger partial charge in [0.25, 0.3) is 5.91 Å². The molecule has 8 nitrogen and oxygen atoms in total. The Morgan fingerprint density at radius 2 is 1.86 bits per heavy atom. The number of hydrogen-bond donors (Lipinski definition) is 1. The van der Waals surface area contributed by atoms with E-state index in [2.05, 4.69) is 9.97 Å². The van der Waals surface area contributed by atoms with E-state index in [4.69, 9.17) is 21.3 Å². The van der Waals surface area contributed by atoms with E-state index < -0.39 is 0 Å². The number of piperazine rings is 1. The van der Waals surface area contributed by atoms with Crippen LogP contribution in [0.5, 0.6) is 0 Å². The van der Waals surface area contributed by atoms with Crippen molar-refractivity contribution < 1.29 is 14.3 Å². The van der Waals surface area contributed by atoms with Gasteiger partial charge in [0.1, 0.15) is 5.65 Å². The Hall–Kier alpha value is -3.65. The molecule has 0 atom stereocenters. The average Bonchev–Trinajstić information content (AvgIpc) is 3.25. The molecule has 0 unspecified atom stereocenters. The number of aromatic amines is 1. The number of carbonyl (C=O) groups excluding carboxylic acids is 2. The summed E-state index contributed by atoms with van der Waals surface area (Å²) < 4.78 is 5.20. The number of H-pyrrole nitrogens is 1. The van der Waals surface area contributed by atoms with Gasteiger partial charge in [-0.15, -0.1) is 0 Å². The Kier molecular flexibility index (Phi) is 6.30. The lowest BCUT2D eigenvalue weighted by molar-refractivity contribution is 0.0560. The van der Waals surface area contributed by atoms with E-state index in [0.29, 0.717) is 54.6 Å². The maximum atomic E-state index is 13.2. The topological polar surface area (TPSA) is 91.4 Å². The number of hydrogen-bond acceptors (Lipinski definition) is 5. The van der Waals surface area contributed by atoms with Crippen LogP contribution in [0.2, 0.25) is 5.02 Å². The van der Waals surface area contributed by atoms with Crippen LogP contribution in [-0.4, -0.2) is 69.5 Å². The van der Waals surface area contributed by atoms with Crippen LogP contribution in [0.25, 0.3) is 33.2 Å². The van der Waals surface area contributed by atoms with Gasteiger partial charge in [0.2, 0.25) is 0 Å². The molecule has 4 aromatic rings. The van der Waals surface area contributed by atoms with Gasteiger partial charge in [-0.05, 0) is 43.7 Å². The molecule has 5 rings (SSSR count). The standard InChI is InChI=1S/C26H26ClN5O3/c1-3-10-35-26(34)32-8-6-31(7-9-32)25(33)17-4-5-20-21(27)14-22(30-23(20)13-17)19-12-18-11-16(2)29-24(18)28-15-19/h4-5,11-15H,3,6-10H2,1-2H3,(H,28,29). The minimum absolute atomic E-state index is 0.0947. The summed E-state index contributed by atoms with van der Waals surface area (Å²) in [5, 5.41) is 2.34. The maximum absolute atomic E-state index is 13.2.